The van der Waals surface area contributed by atoms with Gasteiger partial charge >= 0.3 is 0 Å². The lowest BCUT2D eigenvalue weighted by Crippen LogP contribution is -2.29. The number of fused-ring (bicyclic) bond motifs is 2. The van der Waals surface area contributed by atoms with Gasteiger partial charge in [0.1, 0.15) is 0 Å². The van der Waals surface area contributed by atoms with Gasteiger partial charge < -0.3 is 0 Å². The van der Waals surface area contributed by atoms with Gasteiger partial charge in [-0.05, 0) is 50.2 Å². The van der Waals surface area contributed by atoms with Crippen LogP contribution in [-0.4, -0.2) is 14.1 Å². The highest BCUT2D eigenvalue weighted by Gasteiger charge is 2.52. The largest absolute Gasteiger partial charge is 0.276 e. The van der Waals surface area contributed by atoms with E-state index in [0.29, 0.717) is 11.8 Å². The fourth-order valence-corrected chi connectivity index (χ4v) is 4.54. The molecule has 0 spiro atoms. The maximum absolute atomic E-state index is 12.3. The molecule has 0 aliphatic heterocycles. The Hall–Kier alpha value is -1.36. The molecule has 1 aromatic carbocycles. The molecule has 0 heterocycles. The summed E-state index contributed by atoms with van der Waals surface area (Å²) in [6.07, 6.45) is 3.28. The smallest absolute Gasteiger partial charge is 0.200 e. The van der Waals surface area contributed by atoms with Gasteiger partial charge in [0, 0.05) is 11.1 Å². The number of hydrazone groups is 1. The Balaban J connectivity index is 1.81. The third-order valence-corrected chi connectivity index (χ3v) is 6.72. The lowest BCUT2D eigenvalue weighted by Gasteiger charge is -2.25. The third-order valence-electron chi connectivity index (χ3n) is 5.49. The van der Waals surface area contributed by atoms with Crippen LogP contribution < -0.4 is 4.83 Å². The first-order valence-corrected chi connectivity index (χ1v) is 8.97. The molecule has 3 atom stereocenters. The summed E-state index contributed by atoms with van der Waals surface area (Å²) >= 11 is 0. The van der Waals surface area contributed by atoms with E-state index in [1.807, 2.05) is 6.92 Å². The van der Waals surface area contributed by atoms with Crippen LogP contribution in [0.25, 0.3) is 0 Å². The molecular formula is C16H22N2O2S. The molecule has 114 valence electrons. The van der Waals surface area contributed by atoms with Crippen molar-refractivity contribution in [2.75, 3.05) is 0 Å². The monoisotopic (exact) mass is 306 g/mol. The summed E-state index contributed by atoms with van der Waals surface area (Å²) in [5, 5.41) is 4.28. The molecule has 2 fully saturated rings. The summed E-state index contributed by atoms with van der Waals surface area (Å²) < 4.78 is 24.5. The van der Waals surface area contributed by atoms with E-state index in [1.165, 1.54) is 6.42 Å². The van der Waals surface area contributed by atoms with Gasteiger partial charge in [0.05, 0.1) is 4.90 Å². The van der Waals surface area contributed by atoms with Gasteiger partial charge in [-0.3, -0.25) is 0 Å². The zero-order chi connectivity index (χ0) is 15.3. The number of nitrogens with zero attached hydrogens (tertiary/aromatic N) is 1. The molecule has 2 saturated carbocycles. The summed E-state index contributed by atoms with van der Waals surface area (Å²) in [5.41, 5.74) is 2.12. The molecule has 0 saturated heterocycles. The Morgan fingerprint density at radius 1 is 1.29 bits per heavy atom. The average molecular weight is 306 g/mol. The summed E-state index contributed by atoms with van der Waals surface area (Å²) in [6.45, 7) is 6.40. The molecule has 4 nitrogen and oxygen atoms in total. The Labute approximate surface area is 126 Å². The molecule has 0 amide bonds. The van der Waals surface area contributed by atoms with Crippen molar-refractivity contribution >= 4 is 15.7 Å². The topological polar surface area (TPSA) is 58.5 Å². The number of sulfonamides is 1. The van der Waals surface area contributed by atoms with Crippen LogP contribution in [0.5, 0.6) is 0 Å². The first-order valence-electron chi connectivity index (χ1n) is 7.48. The van der Waals surface area contributed by atoms with Gasteiger partial charge in [-0.25, -0.2) is 4.83 Å². The van der Waals surface area contributed by atoms with Crippen LogP contribution in [0.2, 0.25) is 0 Å². The summed E-state index contributed by atoms with van der Waals surface area (Å²) in [6, 6.07) is 6.82. The predicted octanol–water partition coefficient (Wildman–Crippen LogP) is 3.09. The zero-order valence-electron chi connectivity index (χ0n) is 12.8. The van der Waals surface area contributed by atoms with Crippen LogP contribution in [0.4, 0.5) is 0 Å². The number of nitrogens with one attached hydrogen (secondary N) is 1. The summed E-state index contributed by atoms with van der Waals surface area (Å²) in [4.78, 5) is 2.69. The van der Waals surface area contributed by atoms with Gasteiger partial charge in [-0.1, -0.05) is 31.5 Å². The molecule has 1 N–H and O–H groups in total. The summed E-state index contributed by atoms with van der Waals surface area (Å²) in [7, 11) is -3.56. The second-order valence-corrected chi connectivity index (χ2v) is 8.34. The van der Waals surface area contributed by atoms with Crippen molar-refractivity contribution < 1.29 is 8.42 Å². The van der Waals surface area contributed by atoms with Gasteiger partial charge in [0.2, 0.25) is 0 Å². The molecule has 21 heavy (non-hydrogen) atoms. The molecule has 2 aliphatic carbocycles. The number of hydrogen-bond acceptors (Lipinski definition) is 3. The van der Waals surface area contributed by atoms with Crippen molar-refractivity contribution in [3.8, 4) is 0 Å². The van der Waals surface area contributed by atoms with E-state index in [4.69, 9.17) is 0 Å². The number of aryl methyl sites for hydroxylation is 1. The Morgan fingerprint density at radius 2 is 1.95 bits per heavy atom. The van der Waals surface area contributed by atoms with E-state index in [9.17, 15) is 8.42 Å². The quantitative estimate of drug-likeness (QED) is 0.872. The van der Waals surface area contributed by atoms with Crippen molar-refractivity contribution in [1.82, 2.24) is 4.83 Å². The van der Waals surface area contributed by atoms with Crippen molar-refractivity contribution in [2.24, 2.45) is 22.4 Å². The SMILES string of the molecule is Cc1ccc(S(=O)(=O)N/N=C2/C[C@@H]3CC[C@]2(C)[C@@H]3C)cc1. The van der Waals surface area contributed by atoms with Crippen molar-refractivity contribution in [3.05, 3.63) is 29.8 Å². The normalized spacial score (nSPS) is 33.6. The van der Waals surface area contributed by atoms with Crippen molar-refractivity contribution in [1.29, 1.82) is 0 Å². The van der Waals surface area contributed by atoms with Crippen molar-refractivity contribution in [2.45, 2.75) is 44.9 Å². The molecular weight excluding hydrogens is 284 g/mol. The average Bonchev–Trinajstić information content (AvgIpc) is 2.85. The lowest BCUT2D eigenvalue weighted by molar-refractivity contribution is 0.354. The first-order chi connectivity index (χ1) is 9.83. The molecule has 2 aliphatic rings. The maximum atomic E-state index is 12.3. The van der Waals surface area contributed by atoms with Crippen LogP contribution in [-0.2, 0) is 10.0 Å². The van der Waals surface area contributed by atoms with Crippen LogP contribution in [0.3, 0.4) is 0 Å². The van der Waals surface area contributed by atoms with E-state index in [-0.39, 0.29) is 10.3 Å². The number of rotatable bonds is 3. The number of benzene rings is 1. The highest BCUT2D eigenvalue weighted by Crippen LogP contribution is 2.56. The minimum absolute atomic E-state index is 0.0699. The molecule has 2 bridgehead atoms. The molecule has 0 aromatic heterocycles. The Kier molecular flexibility index (Phi) is 3.35. The van der Waals surface area contributed by atoms with Gasteiger partial charge in [-0.15, -0.1) is 0 Å². The third kappa shape index (κ3) is 2.37. The van der Waals surface area contributed by atoms with E-state index in [0.717, 1.165) is 24.1 Å². The molecule has 5 heteroatoms. The van der Waals surface area contributed by atoms with Crippen LogP contribution in [0.15, 0.2) is 34.3 Å². The molecule has 1 aromatic rings. The van der Waals surface area contributed by atoms with Crippen molar-refractivity contribution in [3.63, 3.8) is 0 Å². The minimum atomic E-state index is -3.56. The van der Waals surface area contributed by atoms with Crippen LogP contribution >= 0.6 is 0 Å². The lowest BCUT2D eigenvalue weighted by atomic mass is 9.80. The Bertz CT molecular complexity index is 679. The highest BCUT2D eigenvalue weighted by atomic mass is 32.2. The predicted molar refractivity (Wildman–Crippen MR) is 83.5 cm³/mol. The van der Waals surface area contributed by atoms with Gasteiger partial charge in [0.25, 0.3) is 10.0 Å². The minimum Gasteiger partial charge on any atom is -0.200 e. The Morgan fingerprint density at radius 3 is 2.48 bits per heavy atom. The first kappa shape index (κ1) is 14.6. The molecule has 0 radical (unpaired) electrons. The fourth-order valence-electron chi connectivity index (χ4n) is 3.71. The second kappa shape index (κ2) is 4.83. The number of hydrogen-bond donors (Lipinski definition) is 1. The maximum Gasteiger partial charge on any atom is 0.276 e. The fraction of sp³-hybridized carbons (Fsp3) is 0.562. The highest BCUT2D eigenvalue weighted by molar-refractivity contribution is 7.89. The standard InChI is InChI=1S/C16H22N2O2S/c1-11-4-6-14(7-5-11)21(19,20)18-17-15-10-13-8-9-16(15,3)12(13)2/h4-7,12-13,18H,8-10H2,1-3H3/b17-15-/t12-,13+,16-/m1/s1. The van der Waals surface area contributed by atoms with E-state index >= 15 is 0 Å². The van der Waals surface area contributed by atoms with E-state index < -0.39 is 10.0 Å². The van der Waals surface area contributed by atoms with Gasteiger partial charge in [0.15, 0.2) is 0 Å². The zero-order valence-corrected chi connectivity index (χ0v) is 13.6. The van der Waals surface area contributed by atoms with Crippen LogP contribution in [0, 0.1) is 24.2 Å². The summed E-state index contributed by atoms with van der Waals surface area (Å²) in [5.74, 6) is 1.26. The van der Waals surface area contributed by atoms with E-state index in [1.54, 1.807) is 24.3 Å². The second-order valence-electron chi connectivity index (χ2n) is 6.68. The molecule has 0 unspecified atom stereocenters. The van der Waals surface area contributed by atoms with Gasteiger partial charge in [-0.2, -0.15) is 13.5 Å². The van der Waals surface area contributed by atoms with E-state index in [2.05, 4.69) is 23.8 Å². The molecule has 3 rings (SSSR count). The van der Waals surface area contributed by atoms with Crippen LogP contribution in [0.1, 0.15) is 38.7 Å².